The van der Waals surface area contributed by atoms with Crippen molar-refractivity contribution in [3.63, 3.8) is 0 Å². The van der Waals surface area contributed by atoms with E-state index >= 15 is 0 Å². The summed E-state index contributed by atoms with van der Waals surface area (Å²) in [4.78, 5) is 28.8. The summed E-state index contributed by atoms with van der Waals surface area (Å²) in [5.74, 6) is -0.518. The topological polar surface area (TPSA) is 99.6 Å². The predicted octanol–water partition coefficient (Wildman–Crippen LogP) is 2.50. The minimum atomic E-state index is -0.752. The molecule has 4 rings (SSSR count). The van der Waals surface area contributed by atoms with E-state index in [0.29, 0.717) is 12.3 Å². The number of fused-ring (bicyclic) bond motifs is 1. The highest BCUT2D eigenvalue weighted by Gasteiger charge is 2.25. The Balaban J connectivity index is 1.31. The number of carbonyl (C=O) groups excluding carboxylic acids is 1. The molecule has 1 atom stereocenters. The van der Waals surface area contributed by atoms with E-state index in [2.05, 4.69) is 15.2 Å². The van der Waals surface area contributed by atoms with Gasteiger partial charge in [-0.05, 0) is 37.1 Å². The van der Waals surface area contributed by atoms with E-state index in [1.54, 1.807) is 0 Å². The molecule has 0 radical (unpaired) electrons. The van der Waals surface area contributed by atoms with Crippen molar-refractivity contribution in [2.75, 3.05) is 31.6 Å². The molecule has 1 aliphatic rings. The molecule has 8 nitrogen and oxygen atoms in total. The molecule has 170 valence electrons. The number of aliphatic hydroxyl groups excluding tert-OH is 1. The number of para-hydroxylation sites is 2. The standard InChI is InChI=1S/C23H27FN4O4/c1-15(29)25-20-12-16(24)6-7-22(20)32-14-18(30)13-27-10-8-17(9-11-27)28-21-5-3-2-4-19(21)26-23(28)31/h2-7,12,17-18,30H,8-11,13-14H2,1H3,(H,25,29)(H,26,31). The van der Waals surface area contributed by atoms with Crippen molar-refractivity contribution in [1.29, 1.82) is 0 Å². The Morgan fingerprint density at radius 3 is 2.78 bits per heavy atom. The number of rotatable bonds is 7. The molecular formula is C23H27FN4O4. The summed E-state index contributed by atoms with van der Waals surface area (Å²) in [5.41, 5.74) is 1.90. The van der Waals surface area contributed by atoms with Gasteiger partial charge in [-0.15, -0.1) is 0 Å². The first-order valence-corrected chi connectivity index (χ1v) is 10.7. The Hall–Kier alpha value is -3.17. The minimum Gasteiger partial charge on any atom is -0.489 e. The smallest absolute Gasteiger partial charge is 0.326 e. The van der Waals surface area contributed by atoms with Gasteiger partial charge in [-0.3, -0.25) is 9.36 Å². The number of H-pyrrole nitrogens is 1. The first-order valence-electron chi connectivity index (χ1n) is 10.7. The Bertz CT molecular complexity index is 1150. The van der Waals surface area contributed by atoms with Crippen molar-refractivity contribution < 1.29 is 19.0 Å². The molecule has 0 saturated carbocycles. The number of piperidine rings is 1. The van der Waals surface area contributed by atoms with Crippen LogP contribution in [0.1, 0.15) is 25.8 Å². The third kappa shape index (κ3) is 5.00. The number of hydrogen-bond acceptors (Lipinski definition) is 5. The number of aromatic amines is 1. The maximum absolute atomic E-state index is 13.5. The number of β-amino-alcohol motifs (C(OH)–C–C–N with tert-alkyl or cyclic N) is 1. The van der Waals surface area contributed by atoms with Crippen LogP contribution in [0.15, 0.2) is 47.3 Å². The lowest BCUT2D eigenvalue weighted by molar-refractivity contribution is -0.114. The average molecular weight is 442 g/mol. The SMILES string of the molecule is CC(=O)Nc1cc(F)ccc1OCC(O)CN1CCC(n2c(=O)[nH]c3ccccc32)CC1. The summed E-state index contributed by atoms with van der Waals surface area (Å²) >= 11 is 0. The van der Waals surface area contributed by atoms with Crippen LogP contribution >= 0.6 is 0 Å². The molecule has 2 heterocycles. The van der Waals surface area contributed by atoms with Gasteiger partial charge >= 0.3 is 5.69 Å². The number of hydrogen-bond donors (Lipinski definition) is 3. The van der Waals surface area contributed by atoms with Gasteiger partial charge in [0.1, 0.15) is 24.3 Å². The number of imidazole rings is 1. The fourth-order valence-corrected chi connectivity index (χ4v) is 4.25. The van der Waals surface area contributed by atoms with Crippen LogP contribution in [0.5, 0.6) is 5.75 Å². The Morgan fingerprint density at radius 1 is 1.28 bits per heavy atom. The molecule has 0 spiro atoms. The number of carbonyl (C=O) groups is 1. The zero-order chi connectivity index (χ0) is 22.7. The molecule has 1 fully saturated rings. The van der Waals surface area contributed by atoms with E-state index in [1.165, 1.54) is 25.1 Å². The van der Waals surface area contributed by atoms with Crippen molar-refractivity contribution in [2.45, 2.75) is 31.9 Å². The summed E-state index contributed by atoms with van der Waals surface area (Å²) in [6.07, 6.45) is 0.859. The lowest BCUT2D eigenvalue weighted by Gasteiger charge is -2.33. The monoisotopic (exact) mass is 442 g/mol. The van der Waals surface area contributed by atoms with Crippen LogP contribution in [-0.4, -0.2) is 57.8 Å². The van der Waals surface area contributed by atoms with Gasteiger partial charge in [0.05, 0.1) is 16.7 Å². The molecule has 9 heteroatoms. The molecule has 1 aromatic heterocycles. The van der Waals surface area contributed by atoms with Gasteiger partial charge in [0, 0.05) is 38.7 Å². The van der Waals surface area contributed by atoms with Crippen molar-refractivity contribution in [2.24, 2.45) is 0 Å². The number of likely N-dealkylation sites (tertiary alicyclic amines) is 1. The van der Waals surface area contributed by atoms with E-state index in [9.17, 15) is 19.1 Å². The summed E-state index contributed by atoms with van der Waals surface area (Å²) in [7, 11) is 0. The van der Waals surface area contributed by atoms with Crippen LogP contribution in [-0.2, 0) is 4.79 Å². The van der Waals surface area contributed by atoms with Crippen LogP contribution in [0.3, 0.4) is 0 Å². The maximum atomic E-state index is 13.5. The van der Waals surface area contributed by atoms with Crippen molar-refractivity contribution >= 4 is 22.6 Å². The minimum absolute atomic E-state index is 0.0139. The lowest BCUT2D eigenvalue weighted by atomic mass is 10.0. The van der Waals surface area contributed by atoms with Crippen LogP contribution in [0.4, 0.5) is 10.1 Å². The molecule has 0 aliphatic carbocycles. The highest BCUT2D eigenvalue weighted by atomic mass is 19.1. The number of aliphatic hydroxyl groups is 1. The summed E-state index contributed by atoms with van der Waals surface area (Å²) in [6, 6.07) is 11.6. The van der Waals surface area contributed by atoms with E-state index in [4.69, 9.17) is 4.74 Å². The molecule has 0 bridgehead atoms. The van der Waals surface area contributed by atoms with Gasteiger partial charge < -0.3 is 25.0 Å². The molecule has 3 aromatic rings. The molecule has 32 heavy (non-hydrogen) atoms. The highest BCUT2D eigenvalue weighted by molar-refractivity contribution is 5.90. The quantitative estimate of drug-likeness (QED) is 0.522. The second kappa shape index (κ2) is 9.54. The first kappa shape index (κ1) is 22.0. The third-order valence-corrected chi connectivity index (χ3v) is 5.70. The Labute approximate surface area is 184 Å². The van der Waals surface area contributed by atoms with Gasteiger partial charge in [0.15, 0.2) is 0 Å². The van der Waals surface area contributed by atoms with Crippen LogP contribution in [0.2, 0.25) is 0 Å². The second-order valence-corrected chi connectivity index (χ2v) is 8.14. The number of amides is 1. The summed E-state index contributed by atoms with van der Waals surface area (Å²) < 4.78 is 20.9. The number of ether oxygens (including phenoxy) is 1. The number of anilines is 1. The lowest BCUT2D eigenvalue weighted by Crippen LogP contribution is -2.42. The number of nitrogens with zero attached hydrogens (tertiary/aromatic N) is 2. The number of benzene rings is 2. The van der Waals surface area contributed by atoms with Crippen molar-refractivity contribution in [3.05, 3.63) is 58.8 Å². The van der Waals surface area contributed by atoms with E-state index in [-0.39, 0.29) is 29.9 Å². The molecule has 2 aromatic carbocycles. The van der Waals surface area contributed by atoms with E-state index < -0.39 is 11.9 Å². The molecule has 1 aliphatic heterocycles. The Morgan fingerprint density at radius 2 is 2.03 bits per heavy atom. The van der Waals surface area contributed by atoms with Crippen molar-refractivity contribution in [1.82, 2.24) is 14.5 Å². The third-order valence-electron chi connectivity index (χ3n) is 5.70. The fourth-order valence-electron chi connectivity index (χ4n) is 4.25. The maximum Gasteiger partial charge on any atom is 0.326 e. The van der Waals surface area contributed by atoms with Gasteiger partial charge in [-0.25, -0.2) is 9.18 Å². The van der Waals surface area contributed by atoms with Gasteiger partial charge in [0.25, 0.3) is 0 Å². The average Bonchev–Trinajstić information content (AvgIpc) is 3.09. The second-order valence-electron chi connectivity index (χ2n) is 8.14. The molecule has 1 unspecified atom stereocenters. The molecular weight excluding hydrogens is 415 g/mol. The fraction of sp³-hybridized carbons (Fsp3) is 0.391. The normalized spacial score (nSPS) is 16.2. The van der Waals surface area contributed by atoms with Gasteiger partial charge in [-0.1, -0.05) is 12.1 Å². The largest absolute Gasteiger partial charge is 0.489 e. The van der Waals surface area contributed by atoms with Gasteiger partial charge in [-0.2, -0.15) is 0 Å². The summed E-state index contributed by atoms with van der Waals surface area (Å²) in [6.45, 7) is 3.27. The first-order chi connectivity index (χ1) is 15.4. The molecule has 3 N–H and O–H groups in total. The predicted molar refractivity (Wildman–Crippen MR) is 119 cm³/mol. The molecule has 1 amide bonds. The number of halogens is 1. The zero-order valence-corrected chi connectivity index (χ0v) is 17.9. The zero-order valence-electron chi connectivity index (χ0n) is 17.9. The number of aromatic nitrogens is 2. The Kier molecular flexibility index (Phi) is 6.57. The highest BCUT2D eigenvalue weighted by Crippen LogP contribution is 2.27. The van der Waals surface area contributed by atoms with Crippen LogP contribution < -0.4 is 15.7 Å². The van der Waals surface area contributed by atoms with Crippen molar-refractivity contribution in [3.8, 4) is 5.75 Å². The summed E-state index contributed by atoms with van der Waals surface area (Å²) in [5, 5.41) is 13.0. The van der Waals surface area contributed by atoms with Gasteiger partial charge in [0.2, 0.25) is 5.91 Å². The number of nitrogens with one attached hydrogen (secondary N) is 2. The van der Waals surface area contributed by atoms with E-state index in [0.717, 1.165) is 37.0 Å². The van der Waals surface area contributed by atoms with E-state index in [1.807, 2.05) is 28.8 Å². The molecule has 1 saturated heterocycles. The van der Waals surface area contributed by atoms with Crippen LogP contribution in [0, 0.1) is 5.82 Å². The van der Waals surface area contributed by atoms with Crippen LogP contribution in [0.25, 0.3) is 11.0 Å².